The van der Waals surface area contributed by atoms with Crippen LogP contribution in [0, 0.1) is 11.6 Å². The number of ether oxygens (including phenoxy) is 1. The Labute approximate surface area is 172 Å². The highest BCUT2D eigenvalue weighted by Gasteiger charge is 2.32. The zero-order chi connectivity index (χ0) is 21.3. The van der Waals surface area contributed by atoms with Crippen molar-refractivity contribution in [1.29, 1.82) is 0 Å². The molecule has 0 unspecified atom stereocenters. The molecule has 2 aromatic rings. The molecule has 0 bridgehead atoms. The van der Waals surface area contributed by atoms with E-state index in [2.05, 4.69) is 0 Å². The van der Waals surface area contributed by atoms with Crippen LogP contribution in [-0.4, -0.2) is 37.2 Å². The molecule has 3 nitrogen and oxygen atoms in total. The van der Waals surface area contributed by atoms with E-state index in [1.165, 1.54) is 24.3 Å². The number of alkyl halides is 3. The molecule has 8 heteroatoms. The van der Waals surface area contributed by atoms with Gasteiger partial charge in [-0.1, -0.05) is 12.1 Å². The zero-order valence-corrected chi connectivity index (χ0v) is 16.4. The minimum Gasteiger partial charge on any atom is -0.482 e. The van der Waals surface area contributed by atoms with Crippen molar-refractivity contribution >= 4 is 5.69 Å². The van der Waals surface area contributed by atoms with Crippen LogP contribution in [0.2, 0.25) is 0 Å². The lowest BCUT2D eigenvalue weighted by molar-refractivity contribution is -0.137. The van der Waals surface area contributed by atoms with Gasteiger partial charge in [-0.2, -0.15) is 13.2 Å². The van der Waals surface area contributed by atoms with E-state index in [9.17, 15) is 22.0 Å². The molecular formula is C22H23F5N2O. The number of hydrogen-bond donors (Lipinski definition) is 0. The molecule has 2 aliphatic heterocycles. The molecule has 0 aromatic heterocycles. The van der Waals surface area contributed by atoms with Crippen LogP contribution in [0.15, 0.2) is 36.4 Å². The summed E-state index contributed by atoms with van der Waals surface area (Å²) < 4.78 is 72.3. The van der Waals surface area contributed by atoms with Crippen LogP contribution in [0.3, 0.4) is 0 Å². The van der Waals surface area contributed by atoms with Gasteiger partial charge in [0, 0.05) is 50.5 Å². The topological polar surface area (TPSA) is 15.7 Å². The fraction of sp³-hybridized carbons (Fsp3) is 0.455. The van der Waals surface area contributed by atoms with Crippen LogP contribution in [0.1, 0.15) is 30.4 Å². The highest BCUT2D eigenvalue weighted by atomic mass is 19.4. The summed E-state index contributed by atoms with van der Waals surface area (Å²) in [5.41, 5.74) is 0.592. The van der Waals surface area contributed by atoms with Gasteiger partial charge in [0.2, 0.25) is 0 Å². The van der Waals surface area contributed by atoms with E-state index in [1.54, 1.807) is 0 Å². The Kier molecular flexibility index (Phi) is 5.86. The van der Waals surface area contributed by atoms with Crippen molar-refractivity contribution in [3.05, 3.63) is 59.2 Å². The molecule has 2 saturated heterocycles. The third-order valence-corrected chi connectivity index (χ3v) is 5.60. The number of halogens is 5. The summed E-state index contributed by atoms with van der Waals surface area (Å²) in [7, 11) is 0. The molecule has 2 fully saturated rings. The largest absolute Gasteiger partial charge is 0.482 e. The smallest absolute Gasteiger partial charge is 0.416 e. The van der Waals surface area contributed by atoms with Gasteiger partial charge in [0.05, 0.1) is 5.56 Å². The monoisotopic (exact) mass is 426 g/mol. The first-order valence-corrected chi connectivity index (χ1v) is 10.1. The summed E-state index contributed by atoms with van der Waals surface area (Å²) >= 11 is 0. The molecule has 0 N–H and O–H groups in total. The van der Waals surface area contributed by atoms with Gasteiger partial charge in [-0.3, -0.25) is 4.90 Å². The van der Waals surface area contributed by atoms with E-state index >= 15 is 0 Å². The maximum Gasteiger partial charge on any atom is 0.416 e. The van der Waals surface area contributed by atoms with Crippen LogP contribution in [-0.2, 0) is 12.7 Å². The maximum absolute atomic E-state index is 14.5. The Bertz CT molecular complexity index is 849. The number of rotatable bonds is 5. The molecule has 0 atom stereocenters. The van der Waals surface area contributed by atoms with Gasteiger partial charge in [-0.25, -0.2) is 8.78 Å². The standard InChI is InChI=1S/C22H23F5N2O/c23-19-10-17(29-8-2-1-3-9-29)11-20(24)21(19)30-18-13-28(14-18)12-15-4-6-16(7-5-15)22(25,26)27/h4-7,10-11,18H,1-3,8-9,12-14H2. The minimum atomic E-state index is -4.36. The minimum absolute atomic E-state index is 0.357. The average molecular weight is 426 g/mol. The molecule has 0 saturated carbocycles. The molecule has 2 aromatic carbocycles. The molecule has 4 rings (SSSR count). The van der Waals surface area contributed by atoms with Crippen molar-refractivity contribution in [3.63, 3.8) is 0 Å². The Morgan fingerprint density at radius 1 is 0.900 bits per heavy atom. The lowest BCUT2D eigenvalue weighted by Gasteiger charge is -2.39. The van der Waals surface area contributed by atoms with E-state index < -0.39 is 23.4 Å². The van der Waals surface area contributed by atoms with Gasteiger partial charge < -0.3 is 9.64 Å². The number of hydrogen-bond acceptors (Lipinski definition) is 3. The highest BCUT2D eigenvalue weighted by Crippen LogP contribution is 2.32. The number of piperidine rings is 1. The van der Waals surface area contributed by atoms with Gasteiger partial charge in [-0.05, 0) is 37.0 Å². The summed E-state index contributed by atoms with van der Waals surface area (Å²) in [5, 5.41) is 0. The van der Waals surface area contributed by atoms with Crippen molar-refractivity contribution in [1.82, 2.24) is 4.90 Å². The first kappa shape index (κ1) is 20.9. The molecule has 2 heterocycles. The summed E-state index contributed by atoms with van der Waals surface area (Å²) in [4.78, 5) is 3.93. The zero-order valence-electron chi connectivity index (χ0n) is 16.4. The van der Waals surface area contributed by atoms with Gasteiger partial charge in [0.15, 0.2) is 17.4 Å². The normalized spacial score (nSPS) is 18.4. The Hall–Kier alpha value is -2.35. The van der Waals surface area contributed by atoms with E-state index in [4.69, 9.17) is 4.74 Å². The van der Waals surface area contributed by atoms with Crippen molar-refractivity contribution < 1.29 is 26.7 Å². The van der Waals surface area contributed by atoms with Crippen molar-refractivity contribution in [3.8, 4) is 5.75 Å². The van der Waals surface area contributed by atoms with E-state index in [1.807, 2.05) is 9.80 Å². The molecule has 2 aliphatic rings. The van der Waals surface area contributed by atoms with Crippen LogP contribution in [0.25, 0.3) is 0 Å². The number of nitrogens with zero attached hydrogens (tertiary/aromatic N) is 2. The van der Waals surface area contributed by atoms with Crippen molar-refractivity contribution in [2.75, 3.05) is 31.1 Å². The molecule has 30 heavy (non-hydrogen) atoms. The highest BCUT2D eigenvalue weighted by molar-refractivity contribution is 5.51. The predicted molar refractivity (Wildman–Crippen MR) is 104 cm³/mol. The van der Waals surface area contributed by atoms with Gasteiger partial charge >= 0.3 is 6.18 Å². The van der Waals surface area contributed by atoms with E-state index in [-0.39, 0.29) is 11.9 Å². The van der Waals surface area contributed by atoms with Gasteiger partial charge in [0.25, 0.3) is 0 Å². The lowest BCUT2D eigenvalue weighted by Crippen LogP contribution is -2.53. The van der Waals surface area contributed by atoms with Gasteiger partial charge in [-0.15, -0.1) is 0 Å². The molecule has 0 radical (unpaired) electrons. The van der Waals surface area contributed by atoms with E-state index in [0.717, 1.165) is 50.0 Å². The number of likely N-dealkylation sites (tertiary alicyclic amines) is 1. The molecular weight excluding hydrogens is 403 g/mol. The van der Waals surface area contributed by atoms with Crippen molar-refractivity contribution in [2.45, 2.75) is 38.1 Å². The van der Waals surface area contributed by atoms with Crippen LogP contribution in [0.4, 0.5) is 27.6 Å². The van der Waals surface area contributed by atoms with Crippen LogP contribution < -0.4 is 9.64 Å². The third-order valence-electron chi connectivity index (χ3n) is 5.60. The Morgan fingerprint density at radius 2 is 1.50 bits per heavy atom. The third kappa shape index (κ3) is 4.69. The summed E-state index contributed by atoms with van der Waals surface area (Å²) in [6.07, 6.45) is -1.56. The van der Waals surface area contributed by atoms with Gasteiger partial charge in [0.1, 0.15) is 6.10 Å². The second-order valence-electron chi connectivity index (χ2n) is 7.91. The Balaban J connectivity index is 1.31. The average Bonchev–Trinajstić information content (AvgIpc) is 2.68. The molecule has 162 valence electrons. The summed E-state index contributed by atoms with van der Waals surface area (Å²) in [5.74, 6) is -1.79. The number of benzene rings is 2. The molecule has 0 aliphatic carbocycles. The lowest BCUT2D eigenvalue weighted by atomic mass is 10.1. The molecule has 0 spiro atoms. The molecule has 0 amide bonds. The fourth-order valence-electron chi connectivity index (χ4n) is 3.94. The number of anilines is 1. The first-order valence-electron chi connectivity index (χ1n) is 10.1. The van der Waals surface area contributed by atoms with Crippen molar-refractivity contribution in [2.24, 2.45) is 0 Å². The van der Waals surface area contributed by atoms with Crippen LogP contribution >= 0.6 is 0 Å². The quantitative estimate of drug-likeness (QED) is 0.609. The Morgan fingerprint density at radius 3 is 2.07 bits per heavy atom. The first-order chi connectivity index (χ1) is 14.3. The maximum atomic E-state index is 14.5. The van der Waals surface area contributed by atoms with Crippen LogP contribution in [0.5, 0.6) is 5.75 Å². The summed E-state index contributed by atoms with van der Waals surface area (Å²) in [6, 6.07) is 7.63. The van der Waals surface area contributed by atoms with E-state index in [0.29, 0.717) is 25.3 Å². The second kappa shape index (κ2) is 8.41. The summed E-state index contributed by atoms with van der Waals surface area (Å²) in [6.45, 7) is 2.94. The SMILES string of the molecule is Fc1cc(N2CCCCC2)cc(F)c1OC1CN(Cc2ccc(C(F)(F)F)cc2)C1. The predicted octanol–water partition coefficient (Wildman–Crippen LogP) is 5.24. The second-order valence-corrected chi connectivity index (χ2v) is 7.91. The fourth-order valence-corrected chi connectivity index (χ4v) is 3.94.